The number of aryl methyl sites for hydroxylation is 2. The second kappa shape index (κ2) is 6.53. The lowest BCUT2D eigenvalue weighted by atomic mass is 10.1. The molecule has 120 valence electrons. The molecule has 0 aromatic carbocycles. The van der Waals surface area contributed by atoms with Crippen LogP contribution in [0.25, 0.3) is 0 Å². The summed E-state index contributed by atoms with van der Waals surface area (Å²) in [6.45, 7) is 9.05. The smallest absolute Gasteiger partial charge is 0.246 e. The normalized spacial score (nSPS) is 23.0. The van der Waals surface area contributed by atoms with Crippen molar-refractivity contribution >= 4 is 0 Å². The Morgan fingerprint density at radius 1 is 1.41 bits per heavy atom. The minimum atomic E-state index is -0.0540. The van der Waals surface area contributed by atoms with Gasteiger partial charge in [0.1, 0.15) is 18.2 Å². The first-order valence-corrected chi connectivity index (χ1v) is 7.71. The Labute approximate surface area is 129 Å². The van der Waals surface area contributed by atoms with E-state index in [-0.39, 0.29) is 12.1 Å². The molecule has 2 aromatic rings. The molecule has 0 unspecified atom stereocenters. The number of hydrogen-bond acceptors (Lipinski definition) is 7. The molecular formula is C14H22N6O2. The quantitative estimate of drug-likeness (QED) is 0.824. The molecule has 3 rings (SSSR count). The van der Waals surface area contributed by atoms with Gasteiger partial charge in [-0.1, -0.05) is 12.1 Å². The fourth-order valence-electron chi connectivity index (χ4n) is 2.84. The van der Waals surface area contributed by atoms with Crippen molar-refractivity contribution in [1.29, 1.82) is 0 Å². The summed E-state index contributed by atoms with van der Waals surface area (Å²) in [7, 11) is 0. The molecule has 3 heterocycles. The first kappa shape index (κ1) is 15.1. The van der Waals surface area contributed by atoms with Crippen LogP contribution < -0.4 is 0 Å². The first-order chi connectivity index (χ1) is 10.7. The van der Waals surface area contributed by atoms with Gasteiger partial charge in [-0.25, -0.2) is 9.67 Å². The molecule has 1 aliphatic heterocycles. The van der Waals surface area contributed by atoms with E-state index in [1.54, 1.807) is 6.33 Å². The van der Waals surface area contributed by atoms with Crippen molar-refractivity contribution < 1.29 is 9.26 Å². The molecule has 2 aromatic heterocycles. The third-order valence-electron chi connectivity index (χ3n) is 3.87. The third-order valence-corrected chi connectivity index (χ3v) is 3.87. The van der Waals surface area contributed by atoms with Crippen molar-refractivity contribution in [3.63, 3.8) is 0 Å². The van der Waals surface area contributed by atoms with Gasteiger partial charge < -0.3 is 9.26 Å². The lowest BCUT2D eigenvalue weighted by molar-refractivity contribution is -0.0774. The van der Waals surface area contributed by atoms with Crippen molar-refractivity contribution in [3.8, 4) is 0 Å². The number of morpholine rings is 1. The second-order valence-electron chi connectivity index (χ2n) is 5.57. The van der Waals surface area contributed by atoms with Crippen LogP contribution in [0.4, 0.5) is 0 Å². The predicted molar refractivity (Wildman–Crippen MR) is 77.9 cm³/mol. The molecule has 0 spiro atoms. The minimum absolute atomic E-state index is 0.00357. The highest BCUT2D eigenvalue weighted by Crippen LogP contribution is 2.29. The first-order valence-electron chi connectivity index (χ1n) is 7.71. The van der Waals surface area contributed by atoms with Crippen molar-refractivity contribution in [3.05, 3.63) is 23.9 Å². The van der Waals surface area contributed by atoms with E-state index in [2.05, 4.69) is 32.0 Å². The van der Waals surface area contributed by atoms with Crippen LogP contribution in [-0.4, -0.2) is 49.1 Å². The monoisotopic (exact) mass is 306 g/mol. The molecular weight excluding hydrogens is 284 g/mol. The van der Waals surface area contributed by atoms with Crippen LogP contribution in [0.2, 0.25) is 0 Å². The number of ether oxygens (including phenoxy) is 1. The zero-order chi connectivity index (χ0) is 15.5. The molecule has 1 saturated heterocycles. The Morgan fingerprint density at radius 2 is 2.27 bits per heavy atom. The average Bonchev–Trinajstić information content (AvgIpc) is 3.09. The van der Waals surface area contributed by atoms with Gasteiger partial charge >= 0.3 is 0 Å². The lowest BCUT2D eigenvalue weighted by Crippen LogP contribution is -2.44. The Morgan fingerprint density at radius 3 is 3.00 bits per heavy atom. The van der Waals surface area contributed by atoms with E-state index in [1.165, 1.54) is 0 Å². The van der Waals surface area contributed by atoms with Crippen LogP contribution >= 0.6 is 0 Å². The second-order valence-corrected chi connectivity index (χ2v) is 5.57. The highest BCUT2D eigenvalue weighted by atomic mass is 16.5. The highest BCUT2D eigenvalue weighted by molar-refractivity contribution is 4.99. The third kappa shape index (κ3) is 3.02. The molecule has 1 aliphatic rings. The summed E-state index contributed by atoms with van der Waals surface area (Å²) in [6.07, 6.45) is 2.64. The van der Waals surface area contributed by atoms with Crippen molar-refractivity contribution in [1.82, 2.24) is 29.8 Å². The summed E-state index contributed by atoms with van der Waals surface area (Å²) in [5.74, 6) is 2.20. The summed E-state index contributed by atoms with van der Waals surface area (Å²) in [6, 6.07) is -0.0540. The predicted octanol–water partition coefficient (Wildman–Crippen LogP) is 1.34. The zero-order valence-corrected chi connectivity index (χ0v) is 13.3. The van der Waals surface area contributed by atoms with Crippen LogP contribution in [0.5, 0.6) is 0 Å². The topological polar surface area (TPSA) is 82.1 Å². The largest absolute Gasteiger partial charge is 0.375 e. The van der Waals surface area contributed by atoms with E-state index in [9.17, 15) is 0 Å². The molecule has 2 atom stereocenters. The standard InChI is InChI=1S/C14H22N6O2/c1-4-5-20-12(15-9-16-20)8-19-6-7-21-10(2)13(19)14-17-11(3)18-22-14/h9-10,13H,4-8H2,1-3H3/t10-,13+/m1/s1. The van der Waals surface area contributed by atoms with Gasteiger partial charge in [-0.3, -0.25) is 4.90 Å². The molecule has 0 amide bonds. The Hall–Kier alpha value is -1.80. The van der Waals surface area contributed by atoms with Gasteiger partial charge in [-0.2, -0.15) is 10.1 Å². The fourth-order valence-corrected chi connectivity index (χ4v) is 2.84. The van der Waals surface area contributed by atoms with Gasteiger partial charge in [0.25, 0.3) is 0 Å². The summed E-state index contributed by atoms with van der Waals surface area (Å²) in [5, 5.41) is 8.19. The van der Waals surface area contributed by atoms with Crippen LogP contribution in [0.15, 0.2) is 10.9 Å². The van der Waals surface area contributed by atoms with Gasteiger partial charge in [-0.05, 0) is 20.3 Å². The van der Waals surface area contributed by atoms with Gasteiger partial charge in [0.2, 0.25) is 5.89 Å². The van der Waals surface area contributed by atoms with E-state index in [1.807, 2.05) is 18.5 Å². The van der Waals surface area contributed by atoms with E-state index in [0.29, 0.717) is 24.9 Å². The van der Waals surface area contributed by atoms with E-state index >= 15 is 0 Å². The number of aromatic nitrogens is 5. The Balaban J connectivity index is 1.81. The molecule has 0 N–H and O–H groups in total. The van der Waals surface area contributed by atoms with Crippen LogP contribution in [-0.2, 0) is 17.8 Å². The lowest BCUT2D eigenvalue weighted by Gasteiger charge is -2.37. The molecule has 0 bridgehead atoms. The van der Waals surface area contributed by atoms with Crippen molar-refractivity contribution in [2.45, 2.75) is 52.4 Å². The van der Waals surface area contributed by atoms with Crippen LogP contribution in [0.3, 0.4) is 0 Å². The molecule has 22 heavy (non-hydrogen) atoms. The Bertz CT molecular complexity index is 610. The van der Waals surface area contributed by atoms with Crippen LogP contribution in [0, 0.1) is 6.92 Å². The molecule has 0 radical (unpaired) electrons. The molecule has 0 aliphatic carbocycles. The number of nitrogens with zero attached hydrogens (tertiary/aromatic N) is 6. The number of rotatable bonds is 5. The van der Waals surface area contributed by atoms with Gasteiger partial charge in [0, 0.05) is 13.1 Å². The van der Waals surface area contributed by atoms with Gasteiger partial charge in [0.05, 0.1) is 19.3 Å². The van der Waals surface area contributed by atoms with E-state index in [4.69, 9.17) is 9.26 Å². The van der Waals surface area contributed by atoms with Gasteiger partial charge in [-0.15, -0.1) is 0 Å². The summed E-state index contributed by atoms with van der Waals surface area (Å²) >= 11 is 0. The van der Waals surface area contributed by atoms with Crippen LogP contribution in [0.1, 0.15) is 43.8 Å². The summed E-state index contributed by atoms with van der Waals surface area (Å²) < 4.78 is 13.1. The molecule has 0 saturated carbocycles. The van der Waals surface area contributed by atoms with E-state index in [0.717, 1.165) is 25.3 Å². The summed E-state index contributed by atoms with van der Waals surface area (Å²) in [4.78, 5) is 11.0. The molecule has 1 fully saturated rings. The fraction of sp³-hybridized carbons (Fsp3) is 0.714. The minimum Gasteiger partial charge on any atom is -0.375 e. The van der Waals surface area contributed by atoms with E-state index < -0.39 is 0 Å². The zero-order valence-electron chi connectivity index (χ0n) is 13.3. The Kier molecular flexibility index (Phi) is 4.49. The van der Waals surface area contributed by atoms with Crippen molar-refractivity contribution in [2.75, 3.05) is 13.2 Å². The summed E-state index contributed by atoms with van der Waals surface area (Å²) in [5.41, 5.74) is 0. The highest BCUT2D eigenvalue weighted by Gasteiger charge is 2.35. The van der Waals surface area contributed by atoms with Crippen molar-refractivity contribution in [2.24, 2.45) is 0 Å². The van der Waals surface area contributed by atoms with Gasteiger partial charge in [0.15, 0.2) is 5.82 Å². The maximum absolute atomic E-state index is 5.77. The molecule has 8 heteroatoms. The maximum Gasteiger partial charge on any atom is 0.246 e. The maximum atomic E-state index is 5.77. The number of hydrogen-bond donors (Lipinski definition) is 0. The SMILES string of the molecule is CCCn1ncnc1CN1CCO[C@H](C)[C@H]1c1nc(C)no1. The average molecular weight is 306 g/mol. The molecule has 8 nitrogen and oxygen atoms in total.